The van der Waals surface area contributed by atoms with Gasteiger partial charge in [-0.25, -0.2) is 5.41 Å². The van der Waals surface area contributed by atoms with E-state index in [-0.39, 0.29) is 5.96 Å². The van der Waals surface area contributed by atoms with Gasteiger partial charge < -0.3 is 14.8 Å². The number of nitrogens with two attached hydrogens (primary N) is 2. The molecule has 9 heteroatoms. The van der Waals surface area contributed by atoms with Crippen molar-refractivity contribution in [1.29, 1.82) is 5.41 Å². The number of rotatable bonds is 2. The third-order valence-electron chi connectivity index (χ3n) is 1.45. The van der Waals surface area contributed by atoms with Gasteiger partial charge in [0, 0.05) is 20.4 Å². The van der Waals surface area contributed by atoms with Crippen LogP contribution in [0.15, 0.2) is 28.7 Å². The molecule has 0 aliphatic carbocycles. The lowest BCUT2D eigenvalue weighted by Crippen LogP contribution is -2.88. The molecule has 1 rings (SSSR count). The van der Waals surface area contributed by atoms with E-state index in [1.165, 1.54) is 0 Å². The van der Waals surface area contributed by atoms with Crippen molar-refractivity contribution in [2.24, 2.45) is 5.73 Å². The summed E-state index contributed by atoms with van der Waals surface area (Å²) in [6.07, 6.45) is 0. The predicted molar refractivity (Wildman–Crippen MR) is 62.2 cm³/mol. The normalized spacial score (nSPS) is 10.3. The van der Waals surface area contributed by atoms with Gasteiger partial charge in [-0.2, -0.15) is 0 Å². The number of quaternary nitrogens is 1. The van der Waals surface area contributed by atoms with Gasteiger partial charge in [0.2, 0.25) is 0 Å². The predicted octanol–water partition coefficient (Wildman–Crippen LogP) is -0.932. The van der Waals surface area contributed by atoms with Crippen molar-refractivity contribution in [3.8, 4) is 0 Å². The van der Waals surface area contributed by atoms with E-state index in [4.69, 9.17) is 28.7 Å². The summed E-state index contributed by atoms with van der Waals surface area (Å²) in [7, 11) is -5.17. The molecule has 7 nitrogen and oxygen atoms in total. The number of halogens is 1. The second kappa shape index (κ2) is 7.35. The van der Waals surface area contributed by atoms with Crippen LogP contribution in [0.3, 0.4) is 0 Å². The Morgan fingerprint density at radius 2 is 2.00 bits per heavy atom. The number of guanidine groups is 1. The maximum Gasteiger partial charge on any atom is 0.289 e. The molecule has 0 spiro atoms. The van der Waals surface area contributed by atoms with Crippen LogP contribution in [-0.4, -0.2) is 23.5 Å². The molecule has 1 aromatic carbocycles. The Kier molecular flexibility index (Phi) is 6.92. The monoisotopic (exact) mass is 324 g/mol. The van der Waals surface area contributed by atoms with E-state index in [2.05, 4.69) is 15.9 Å². The highest BCUT2D eigenvalue weighted by Crippen LogP contribution is 2.10. The van der Waals surface area contributed by atoms with Gasteiger partial charge in [0.1, 0.15) is 6.54 Å². The van der Waals surface area contributed by atoms with Crippen molar-refractivity contribution >= 4 is 32.3 Å². The fourth-order valence-corrected chi connectivity index (χ4v) is 1.34. The lowest BCUT2D eigenvalue weighted by Gasteiger charge is -2.06. The van der Waals surface area contributed by atoms with Gasteiger partial charge in [0.05, 0.1) is 0 Å². The Balaban J connectivity index is 0.000000437. The first-order valence-corrected chi connectivity index (χ1v) is 6.39. The van der Waals surface area contributed by atoms with Crippen molar-refractivity contribution in [2.75, 3.05) is 0 Å². The zero-order valence-corrected chi connectivity index (χ0v) is 11.0. The average Bonchev–Trinajstić information content (AvgIpc) is 2.12. The smallest absolute Gasteiger partial charge is 0.289 e. The summed E-state index contributed by atoms with van der Waals surface area (Å²) in [5, 5.41) is 8.69. The van der Waals surface area contributed by atoms with Crippen LogP contribution in [0.5, 0.6) is 0 Å². The molecule has 0 atom stereocenters. The summed E-state index contributed by atoms with van der Waals surface area (Å²) in [5.41, 5.74) is 6.35. The van der Waals surface area contributed by atoms with Crippen molar-refractivity contribution in [1.82, 2.24) is 0 Å². The minimum absolute atomic E-state index is 0.120. The van der Waals surface area contributed by atoms with E-state index in [9.17, 15) is 0 Å². The largest absolute Gasteiger partial charge is 0.759 e. The topological polar surface area (TPSA) is 147 Å². The standard InChI is InChI=1S/C8H10BrN3.H2O4S/c9-7-3-1-2-6(4-7)5-12-8(10)11;1-5(2,3)4/h1-4H,5H2,(H4,10,11,12);(H2,1,2,3,4)/p-1. The van der Waals surface area contributed by atoms with Crippen LogP contribution >= 0.6 is 15.9 Å². The van der Waals surface area contributed by atoms with E-state index in [1.807, 2.05) is 24.3 Å². The molecule has 0 saturated heterocycles. The summed E-state index contributed by atoms with van der Waals surface area (Å²) in [6.45, 7) is 0.717. The molecule has 1 aromatic rings. The van der Waals surface area contributed by atoms with E-state index < -0.39 is 10.4 Å². The molecule has 0 aliphatic heterocycles. The van der Waals surface area contributed by atoms with Gasteiger partial charge in [0.15, 0.2) is 0 Å². The van der Waals surface area contributed by atoms with Crippen LogP contribution in [0.1, 0.15) is 5.56 Å². The summed E-state index contributed by atoms with van der Waals surface area (Å²) < 4.78 is 35.1. The maximum atomic E-state index is 8.52. The lowest BCUT2D eigenvalue weighted by molar-refractivity contribution is -0.560. The summed E-state index contributed by atoms with van der Waals surface area (Å²) in [4.78, 5) is 0. The fourth-order valence-electron chi connectivity index (χ4n) is 0.892. The van der Waals surface area contributed by atoms with Gasteiger partial charge in [0.25, 0.3) is 5.96 Å². The Bertz CT molecular complexity index is 469. The van der Waals surface area contributed by atoms with Gasteiger partial charge in [-0.15, -0.1) is 0 Å². The highest BCUT2D eigenvalue weighted by atomic mass is 79.9. The van der Waals surface area contributed by atoms with Crippen LogP contribution in [0.4, 0.5) is 0 Å². The zero-order chi connectivity index (χ0) is 13.5. The molecule has 0 aliphatic rings. The second-order valence-corrected chi connectivity index (χ2v) is 4.63. The third-order valence-corrected chi connectivity index (χ3v) is 1.94. The molecule has 0 fully saturated rings. The number of hydrogen-bond acceptors (Lipinski definition) is 5. The van der Waals surface area contributed by atoms with Crippen LogP contribution in [-0.2, 0) is 16.9 Å². The van der Waals surface area contributed by atoms with Crippen LogP contribution in [0.25, 0.3) is 0 Å². The SMILES string of the molecule is N=C(N)[NH2+]Cc1cccc(Br)c1.O=S(=O)([O-])[O-]. The minimum Gasteiger partial charge on any atom is -0.759 e. The number of hydrogen-bond donors (Lipinski definition) is 3. The molecule has 0 heterocycles. The molecule has 0 bridgehead atoms. The van der Waals surface area contributed by atoms with Crippen LogP contribution in [0.2, 0.25) is 0 Å². The highest BCUT2D eigenvalue weighted by Gasteiger charge is 1.97. The van der Waals surface area contributed by atoms with Crippen molar-refractivity contribution < 1.29 is 22.8 Å². The van der Waals surface area contributed by atoms with E-state index in [0.717, 1.165) is 16.6 Å². The van der Waals surface area contributed by atoms with Crippen LogP contribution < -0.4 is 11.1 Å². The third kappa shape index (κ3) is 12.9. The molecule has 0 radical (unpaired) electrons. The minimum atomic E-state index is -5.17. The van der Waals surface area contributed by atoms with E-state index >= 15 is 0 Å². The summed E-state index contributed by atoms with van der Waals surface area (Å²) >= 11 is 3.37. The Morgan fingerprint density at radius 1 is 1.47 bits per heavy atom. The Hall–Kier alpha value is -1.00. The molecule has 0 saturated carbocycles. The Morgan fingerprint density at radius 3 is 2.41 bits per heavy atom. The van der Waals surface area contributed by atoms with Gasteiger partial charge in [-0.05, 0) is 12.1 Å². The van der Waals surface area contributed by atoms with Crippen molar-refractivity contribution in [3.63, 3.8) is 0 Å². The van der Waals surface area contributed by atoms with Crippen molar-refractivity contribution in [2.45, 2.75) is 6.54 Å². The molecular formula is C8H11BrN3O4S-. The second-order valence-electron chi connectivity index (χ2n) is 2.90. The molecule has 96 valence electrons. The lowest BCUT2D eigenvalue weighted by atomic mass is 10.2. The molecule has 0 amide bonds. The summed E-state index contributed by atoms with van der Waals surface area (Å²) in [5.74, 6) is 0.120. The Labute approximate surface area is 107 Å². The molecule has 0 unspecified atom stereocenters. The zero-order valence-electron chi connectivity index (χ0n) is 8.59. The maximum absolute atomic E-state index is 8.52. The average molecular weight is 325 g/mol. The molecular weight excluding hydrogens is 314 g/mol. The van der Waals surface area contributed by atoms with Gasteiger partial charge in [-0.1, -0.05) is 28.1 Å². The molecule has 0 aromatic heterocycles. The molecule has 17 heavy (non-hydrogen) atoms. The number of benzene rings is 1. The first-order chi connectivity index (χ1) is 7.68. The quantitative estimate of drug-likeness (QED) is 0.278. The summed E-state index contributed by atoms with van der Waals surface area (Å²) in [6, 6.07) is 7.95. The van der Waals surface area contributed by atoms with E-state index in [0.29, 0.717) is 0 Å². The highest BCUT2D eigenvalue weighted by molar-refractivity contribution is 9.10. The van der Waals surface area contributed by atoms with Crippen LogP contribution in [0, 0.1) is 5.41 Å². The van der Waals surface area contributed by atoms with Gasteiger partial charge in [-0.3, -0.25) is 13.7 Å². The molecule has 5 N–H and O–H groups in total. The van der Waals surface area contributed by atoms with Crippen molar-refractivity contribution in [3.05, 3.63) is 34.3 Å². The van der Waals surface area contributed by atoms with Gasteiger partial charge >= 0.3 is 0 Å². The fraction of sp³-hybridized carbons (Fsp3) is 0.125. The van der Waals surface area contributed by atoms with E-state index in [1.54, 1.807) is 5.32 Å². The first-order valence-electron chi connectivity index (χ1n) is 4.27. The first kappa shape index (κ1) is 16.0. The number of nitrogens with one attached hydrogen (secondary N) is 1.